The van der Waals surface area contributed by atoms with E-state index in [9.17, 15) is 0 Å². The van der Waals surface area contributed by atoms with Gasteiger partial charge in [-0.15, -0.1) is 0 Å². The van der Waals surface area contributed by atoms with Gasteiger partial charge in [0.25, 0.3) is 0 Å². The van der Waals surface area contributed by atoms with Crippen LogP contribution in [0.2, 0.25) is 0 Å². The normalized spacial score (nSPS) is 12.4. The molecule has 0 saturated carbocycles. The molecule has 0 amide bonds. The summed E-state index contributed by atoms with van der Waals surface area (Å²) in [6.07, 6.45) is 0.736. The molecular formula is C14H19N3O2. The van der Waals surface area contributed by atoms with Gasteiger partial charge < -0.3 is 14.6 Å². The Bertz CT molecular complexity index is 525. The highest BCUT2D eigenvalue weighted by atomic mass is 16.5. The highest BCUT2D eigenvalue weighted by Crippen LogP contribution is 2.25. The van der Waals surface area contributed by atoms with Crippen LogP contribution in [0.4, 0.5) is 0 Å². The Kier molecular flexibility index (Phi) is 4.52. The Morgan fingerprint density at radius 1 is 1.37 bits per heavy atom. The van der Waals surface area contributed by atoms with Gasteiger partial charge in [0.2, 0.25) is 11.7 Å². The Balaban J connectivity index is 2.06. The first-order chi connectivity index (χ1) is 9.24. The molecule has 0 bridgehead atoms. The molecule has 2 aromatic rings. The van der Waals surface area contributed by atoms with E-state index in [1.54, 1.807) is 0 Å². The SMILES string of the molecule is CCc1nc(COc2ccccc2C(C)NC)no1. The van der Waals surface area contributed by atoms with Gasteiger partial charge in [-0.3, -0.25) is 0 Å². The Morgan fingerprint density at radius 3 is 2.84 bits per heavy atom. The Morgan fingerprint density at radius 2 is 2.16 bits per heavy atom. The molecule has 0 radical (unpaired) electrons. The molecule has 102 valence electrons. The van der Waals surface area contributed by atoms with Gasteiger partial charge in [0.15, 0.2) is 6.61 Å². The predicted molar refractivity (Wildman–Crippen MR) is 71.9 cm³/mol. The number of hydrogen-bond acceptors (Lipinski definition) is 5. The number of benzene rings is 1. The van der Waals surface area contributed by atoms with E-state index in [4.69, 9.17) is 9.26 Å². The Hall–Kier alpha value is -1.88. The van der Waals surface area contributed by atoms with E-state index in [-0.39, 0.29) is 6.04 Å². The lowest BCUT2D eigenvalue weighted by molar-refractivity contribution is 0.280. The molecule has 0 aliphatic heterocycles. The quantitative estimate of drug-likeness (QED) is 0.865. The van der Waals surface area contributed by atoms with Gasteiger partial charge in [-0.1, -0.05) is 30.3 Å². The second-order valence-electron chi connectivity index (χ2n) is 4.29. The molecular weight excluding hydrogens is 242 g/mol. The lowest BCUT2D eigenvalue weighted by Gasteiger charge is -2.15. The fraction of sp³-hybridized carbons (Fsp3) is 0.429. The van der Waals surface area contributed by atoms with Gasteiger partial charge in [-0.05, 0) is 20.0 Å². The van der Waals surface area contributed by atoms with Crippen molar-refractivity contribution in [1.82, 2.24) is 15.5 Å². The fourth-order valence-corrected chi connectivity index (χ4v) is 1.76. The fourth-order valence-electron chi connectivity index (χ4n) is 1.76. The zero-order chi connectivity index (χ0) is 13.7. The van der Waals surface area contributed by atoms with Gasteiger partial charge in [0, 0.05) is 18.0 Å². The summed E-state index contributed by atoms with van der Waals surface area (Å²) >= 11 is 0. The third-order valence-electron chi connectivity index (χ3n) is 2.99. The van der Waals surface area contributed by atoms with Gasteiger partial charge >= 0.3 is 0 Å². The van der Waals surface area contributed by atoms with Gasteiger partial charge in [-0.25, -0.2) is 0 Å². The van der Waals surface area contributed by atoms with Crippen LogP contribution in [0.3, 0.4) is 0 Å². The number of nitrogens with zero attached hydrogens (tertiary/aromatic N) is 2. The summed E-state index contributed by atoms with van der Waals surface area (Å²) in [5, 5.41) is 7.07. The third-order valence-corrected chi connectivity index (χ3v) is 2.99. The van der Waals surface area contributed by atoms with E-state index in [2.05, 4.69) is 22.4 Å². The average Bonchev–Trinajstić information content (AvgIpc) is 2.92. The molecule has 1 aromatic carbocycles. The molecule has 1 N–H and O–H groups in total. The summed E-state index contributed by atoms with van der Waals surface area (Å²) < 4.78 is 10.8. The van der Waals surface area contributed by atoms with Gasteiger partial charge in [0.05, 0.1) is 0 Å². The van der Waals surface area contributed by atoms with Crippen LogP contribution >= 0.6 is 0 Å². The lowest BCUT2D eigenvalue weighted by Crippen LogP contribution is -2.13. The second-order valence-corrected chi connectivity index (χ2v) is 4.29. The monoisotopic (exact) mass is 261 g/mol. The number of para-hydroxylation sites is 1. The van der Waals surface area contributed by atoms with E-state index in [0.717, 1.165) is 17.7 Å². The smallest absolute Gasteiger partial charge is 0.226 e. The van der Waals surface area contributed by atoms with Crippen LogP contribution in [0.1, 0.15) is 37.2 Å². The zero-order valence-electron chi connectivity index (χ0n) is 11.5. The minimum atomic E-state index is 0.229. The number of hydrogen-bond donors (Lipinski definition) is 1. The summed E-state index contributed by atoms with van der Waals surface area (Å²) in [6.45, 7) is 4.38. The van der Waals surface area contributed by atoms with Gasteiger partial charge in [0.1, 0.15) is 5.75 Å². The molecule has 1 heterocycles. The van der Waals surface area contributed by atoms with Crippen LogP contribution in [0.5, 0.6) is 5.75 Å². The zero-order valence-corrected chi connectivity index (χ0v) is 11.5. The number of nitrogens with one attached hydrogen (secondary N) is 1. The molecule has 0 aliphatic rings. The van der Waals surface area contributed by atoms with Crippen molar-refractivity contribution in [3.05, 3.63) is 41.5 Å². The van der Waals surface area contributed by atoms with Crippen molar-refractivity contribution in [2.45, 2.75) is 32.9 Å². The van der Waals surface area contributed by atoms with E-state index in [0.29, 0.717) is 18.3 Å². The maximum atomic E-state index is 5.78. The molecule has 1 aromatic heterocycles. The van der Waals surface area contributed by atoms with Crippen molar-refractivity contribution in [3.8, 4) is 5.75 Å². The first-order valence-corrected chi connectivity index (χ1v) is 6.45. The summed E-state index contributed by atoms with van der Waals surface area (Å²) in [5.74, 6) is 2.05. The van der Waals surface area contributed by atoms with Crippen molar-refractivity contribution >= 4 is 0 Å². The largest absolute Gasteiger partial charge is 0.485 e. The maximum absolute atomic E-state index is 5.78. The number of rotatable bonds is 6. The van der Waals surface area contributed by atoms with Crippen molar-refractivity contribution in [3.63, 3.8) is 0 Å². The van der Waals surface area contributed by atoms with E-state index < -0.39 is 0 Å². The predicted octanol–water partition coefficient (Wildman–Crippen LogP) is 2.49. The third kappa shape index (κ3) is 3.32. The van der Waals surface area contributed by atoms with Crippen LogP contribution in [-0.4, -0.2) is 17.2 Å². The van der Waals surface area contributed by atoms with Crippen molar-refractivity contribution < 1.29 is 9.26 Å². The summed E-state index contributed by atoms with van der Waals surface area (Å²) in [4.78, 5) is 4.22. The molecule has 2 rings (SSSR count). The van der Waals surface area contributed by atoms with Crippen LogP contribution < -0.4 is 10.1 Å². The first-order valence-electron chi connectivity index (χ1n) is 6.45. The highest BCUT2D eigenvalue weighted by molar-refractivity contribution is 5.35. The van der Waals surface area contributed by atoms with Crippen molar-refractivity contribution in [2.24, 2.45) is 0 Å². The molecule has 1 unspecified atom stereocenters. The molecule has 0 spiro atoms. The van der Waals surface area contributed by atoms with E-state index in [1.165, 1.54) is 0 Å². The summed E-state index contributed by atoms with van der Waals surface area (Å²) in [7, 11) is 1.92. The molecule has 5 nitrogen and oxygen atoms in total. The number of ether oxygens (including phenoxy) is 1. The number of aryl methyl sites for hydroxylation is 1. The first kappa shape index (κ1) is 13.5. The Labute approximate surface area is 113 Å². The van der Waals surface area contributed by atoms with Crippen molar-refractivity contribution in [2.75, 3.05) is 7.05 Å². The van der Waals surface area contributed by atoms with E-state index >= 15 is 0 Å². The highest BCUT2D eigenvalue weighted by Gasteiger charge is 2.11. The minimum absolute atomic E-state index is 0.229. The maximum Gasteiger partial charge on any atom is 0.226 e. The molecule has 1 atom stereocenters. The molecule has 0 fully saturated rings. The van der Waals surface area contributed by atoms with Crippen LogP contribution in [0.25, 0.3) is 0 Å². The average molecular weight is 261 g/mol. The van der Waals surface area contributed by atoms with Gasteiger partial charge in [-0.2, -0.15) is 4.98 Å². The minimum Gasteiger partial charge on any atom is -0.485 e. The van der Waals surface area contributed by atoms with Crippen LogP contribution in [-0.2, 0) is 13.0 Å². The van der Waals surface area contributed by atoms with E-state index in [1.807, 2.05) is 38.2 Å². The molecule has 0 saturated heterocycles. The van der Waals surface area contributed by atoms with Crippen molar-refractivity contribution in [1.29, 1.82) is 0 Å². The standard InChI is InChI=1S/C14H19N3O2/c1-4-14-16-13(17-19-14)9-18-12-8-6-5-7-11(12)10(2)15-3/h5-8,10,15H,4,9H2,1-3H3. The molecule has 0 aliphatic carbocycles. The molecule has 5 heteroatoms. The summed E-state index contributed by atoms with van der Waals surface area (Å²) in [6, 6.07) is 8.18. The summed E-state index contributed by atoms with van der Waals surface area (Å²) in [5.41, 5.74) is 1.12. The topological polar surface area (TPSA) is 60.2 Å². The lowest BCUT2D eigenvalue weighted by atomic mass is 10.1. The van der Waals surface area contributed by atoms with Crippen LogP contribution in [0.15, 0.2) is 28.8 Å². The molecule has 19 heavy (non-hydrogen) atoms. The van der Waals surface area contributed by atoms with Crippen LogP contribution in [0, 0.1) is 0 Å². The second kappa shape index (κ2) is 6.33. The number of aromatic nitrogens is 2.